The van der Waals surface area contributed by atoms with Crippen molar-refractivity contribution >= 4 is 37.8 Å². The van der Waals surface area contributed by atoms with Crippen LogP contribution in [0.2, 0.25) is 0 Å². The van der Waals surface area contributed by atoms with Gasteiger partial charge in [0.05, 0.1) is 0 Å². The van der Waals surface area contributed by atoms with Crippen molar-refractivity contribution in [2.24, 2.45) is 0 Å². The van der Waals surface area contributed by atoms with Crippen LogP contribution in [0.5, 0.6) is 0 Å². The van der Waals surface area contributed by atoms with Gasteiger partial charge in [-0.1, -0.05) is 0 Å². The predicted molar refractivity (Wildman–Crippen MR) is 156 cm³/mol. The van der Waals surface area contributed by atoms with Crippen LogP contribution in [0.1, 0.15) is 59.9 Å². The second kappa shape index (κ2) is 9.73. The number of aryl methyl sites for hydroxylation is 9. The number of rotatable bonds is 5. The van der Waals surface area contributed by atoms with Crippen LogP contribution in [0.4, 0.5) is 0 Å². The molecule has 0 spiro atoms. The zero-order valence-corrected chi connectivity index (χ0v) is 25.5. The molecule has 0 bridgehead atoms. The summed E-state index contributed by atoms with van der Waals surface area (Å²) in [6.45, 7) is 20.1. The van der Waals surface area contributed by atoms with E-state index in [4.69, 9.17) is 0 Å². The van der Waals surface area contributed by atoms with Crippen molar-refractivity contribution in [3.05, 3.63) is 109 Å². The SMILES string of the molecule is Cc1cc(C)[c]([Ge]([c]2c(C)cc(C)cc2C)([c]2c(C)cc(C)cc2C)[CH](O)c2cccs2)c(C)c1. The van der Waals surface area contributed by atoms with Crippen molar-refractivity contribution < 1.29 is 5.11 Å². The molecule has 182 valence electrons. The van der Waals surface area contributed by atoms with E-state index in [0.717, 1.165) is 4.88 Å². The Labute approximate surface area is 218 Å². The van der Waals surface area contributed by atoms with Crippen molar-refractivity contribution in [1.29, 1.82) is 0 Å². The Balaban J connectivity index is 2.34. The molecule has 4 aromatic rings. The first-order valence-electron chi connectivity index (χ1n) is 12.4. The fourth-order valence-electron chi connectivity index (χ4n) is 6.85. The Morgan fingerprint density at radius 1 is 0.571 bits per heavy atom. The maximum absolute atomic E-state index is 12.7. The van der Waals surface area contributed by atoms with Crippen molar-refractivity contribution in [2.45, 2.75) is 67.3 Å². The molecule has 3 aromatic carbocycles. The molecule has 0 amide bonds. The van der Waals surface area contributed by atoms with E-state index in [1.807, 2.05) is 0 Å². The van der Waals surface area contributed by atoms with Crippen LogP contribution in [0.15, 0.2) is 53.9 Å². The minimum atomic E-state index is -3.79. The Hall–Kier alpha value is -2.14. The minimum absolute atomic E-state index is 0.546. The number of aliphatic hydroxyl groups excluding tert-OH is 1. The summed E-state index contributed by atoms with van der Waals surface area (Å²) in [5, 5.41) is 14.8. The second-order valence-electron chi connectivity index (χ2n) is 10.5. The standard InChI is InChI=1S/C32H38GeOS/c1-19-13-22(4)29(23(5)14-19)33(32(34)28-11-10-12-35-28,30-24(6)15-20(2)16-25(30)7)31-26(8)17-21(3)18-27(31)9/h10-18,32,34H,1-9H3. The number of hydrogen-bond acceptors (Lipinski definition) is 2. The molecule has 3 heteroatoms. The van der Waals surface area contributed by atoms with Gasteiger partial charge in [-0.25, -0.2) is 0 Å². The van der Waals surface area contributed by atoms with Gasteiger partial charge in [-0.3, -0.25) is 0 Å². The molecular formula is C32H38GeOS. The van der Waals surface area contributed by atoms with Gasteiger partial charge >= 0.3 is 219 Å². The summed E-state index contributed by atoms with van der Waals surface area (Å²) < 4.78 is 4.21. The molecule has 0 aliphatic rings. The zero-order chi connectivity index (χ0) is 25.7. The summed E-state index contributed by atoms with van der Waals surface area (Å²) >= 11 is -2.11. The molecule has 0 aliphatic heterocycles. The van der Waals surface area contributed by atoms with E-state index < -0.39 is 18.2 Å². The fraction of sp³-hybridized carbons (Fsp3) is 0.312. The van der Waals surface area contributed by atoms with Gasteiger partial charge < -0.3 is 0 Å². The molecule has 0 saturated heterocycles. The normalized spacial score (nSPS) is 12.7. The number of benzene rings is 3. The number of aliphatic hydroxyl groups is 1. The van der Waals surface area contributed by atoms with Gasteiger partial charge in [-0.15, -0.1) is 0 Å². The molecule has 1 N–H and O–H groups in total. The fourth-order valence-corrected chi connectivity index (χ4v) is 21.9. The molecule has 1 unspecified atom stereocenters. The van der Waals surface area contributed by atoms with Crippen LogP contribution in [0, 0.1) is 62.3 Å². The van der Waals surface area contributed by atoms with Crippen LogP contribution in [0.25, 0.3) is 0 Å². The maximum atomic E-state index is 12.7. The van der Waals surface area contributed by atoms with E-state index in [2.05, 4.69) is 116 Å². The Morgan fingerprint density at radius 3 is 1.14 bits per heavy atom. The molecule has 35 heavy (non-hydrogen) atoms. The van der Waals surface area contributed by atoms with Crippen molar-refractivity contribution in [3.63, 3.8) is 0 Å². The number of thiophene rings is 1. The summed E-state index contributed by atoms with van der Waals surface area (Å²) in [7, 11) is 0. The average molecular weight is 543 g/mol. The number of hydrogen-bond donors (Lipinski definition) is 1. The first-order valence-corrected chi connectivity index (χ1v) is 17.7. The van der Waals surface area contributed by atoms with Gasteiger partial charge in [-0.2, -0.15) is 0 Å². The molecule has 0 fully saturated rings. The molecule has 4 rings (SSSR count). The summed E-state index contributed by atoms with van der Waals surface area (Å²) in [4.78, 5) is 0.526. The van der Waals surface area contributed by atoms with Crippen LogP contribution < -0.4 is 13.2 Å². The zero-order valence-electron chi connectivity index (χ0n) is 22.6. The van der Waals surface area contributed by atoms with E-state index in [1.54, 1.807) is 11.3 Å². The summed E-state index contributed by atoms with van der Waals surface area (Å²) in [5.74, 6) is 0. The van der Waals surface area contributed by atoms with E-state index in [1.165, 1.54) is 63.3 Å². The molecule has 0 aliphatic carbocycles. The van der Waals surface area contributed by atoms with Gasteiger partial charge in [0, 0.05) is 0 Å². The molecule has 1 heterocycles. The Kier molecular flexibility index (Phi) is 7.21. The third-order valence-electron chi connectivity index (χ3n) is 7.44. The van der Waals surface area contributed by atoms with Gasteiger partial charge in [0.1, 0.15) is 0 Å². The summed E-state index contributed by atoms with van der Waals surface area (Å²) in [5.41, 5.74) is 11.7. The predicted octanol–water partition coefficient (Wildman–Crippen LogP) is 6.27. The van der Waals surface area contributed by atoms with Crippen molar-refractivity contribution in [2.75, 3.05) is 0 Å². The van der Waals surface area contributed by atoms with Gasteiger partial charge in [0.15, 0.2) is 0 Å². The summed E-state index contributed by atoms with van der Waals surface area (Å²) in [6, 6.07) is 18.1. The molecule has 1 aromatic heterocycles. The van der Waals surface area contributed by atoms with Crippen molar-refractivity contribution in [1.82, 2.24) is 0 Å². The first kappa shape index (κ1) is 25.9. The monoisotopic (exact) mass is 544 g/mol. The molecule has 1 atom stereocenters. The van der Waals surface area contributed by atoms with Crippen LogP contribution in [-0.4, -0.2) is 18.4 Å². The molecule has 1 nitrogen and oxygen atoms in total. The third kappa shape index (κ3) is 4.35. The van der Waals surface area contributed by atoms with E-state index in [0.29, 0.717) is 0 Å². The van der Waals surface area contributed by atoms with Gasteiger partial charge in [-0.05, 0) is 0 Å². The topological polar surface area (TPSA) is 20.2 Å². The third-order valence-corrected chi connectivity index (χ3v) is 21.1. The van der Waals surface area contributed by atoms with Gasteiger partial charge in [0.2, 0.25) is 0 Å². The van der Waals surface area contributed by atoms with Crippen molar-refractivity contribution in [3.8, 4) is 0 Å². The van der Waals surface area contributed by atoms with E-state index >= 15 is 0 Å². The van der Waals surface area contributed by atoms with Crippen LogP contribution in [-0.2, 0) is 0 Å². The average Bonchev–Trinajstić information content (AvgIpc) is 3.25. The van der Waals surface area contributed by atoms with Crippen LogP contribution >= 0.6 is 11.3 Å². The molecule has 0 radical (unpaired) electrons. The van der Waals surface area contributed by atoms with E-state index in [-0.39, 0.29) is 0 Å². The van der Waals surface area contributed by atoms with Gasteiger partial charge in [0.25, 0.3) is 0 Å². The molecule has 0 saturated carbocycles. The first-order chi connectivity index (χ1) is 16.5. The molecular weight excluding hydrogens is 505 g/mol. The Morgan fingerprint density at radius 2 is 0.886 bits per heavy atom. The van der Waals surface area contributed by atoms with E-state index in [9.17, 15) is 5.11 Å². The van der Waals surface area contributed by atoms with Crippen LogP contribution in [0.3, 0.4) is 0 Å². The summed E-state index contributed by atoms with van der Waals surface area (Å²) in [6.07, 6.45) is 0. The second-order valence-corrected chi connectivity index (χ2v) is 19.2. The Bertz CT molecular complexity index is 1190. The quantitative estimate of drug-likeness (QED) is 0.295.